The SMILES string of the molecule is C1=CC(c2cccc(-c3ccccc3)c2)=CC(c2ccc(-c3nc(-c4ccc(-c5cccc(-c6ccccc6)c5)cc4)cc(-c4cccc(-n5c6ccccc6c6ccccc65)c4)n3)cc2)C1. The normalized spacial score (nSPS) is 13.5. The molecule has 0 amide bonds. The fourth-order valence-electron chi connectivity index (χ4n) is 9.71. The molecule has 2 heterocycles. The van der Waals surface area contributed by atoms with Gasteiger partial charge in [-0.2, -0.15) is 0 Å². The Bertz CT molecular complexity index is 3580. The molecule has 0 aliphatic heterocycles. The number of aromatic nitrogens is 3. The molecule has 316 valence electrons. The van der Waals surface area contributed by atoms with Crippen LogP contribution in [0.3, 0.4) is 0 Å². The number of para-hydroxylation sites is 2. The number of rotatable bonds is 9. The van der Waals surface area contributed by atoms with Gasteiger partial charge in [0.2, 0.25) is 0 Å². The fourth-order valence-corrected chi connectivity index (χ4v) is 9.71. The lowest BCUT2D eigenvalue weighted by atomic mass is 9.86. The Kier molecular flexibility index (Phi) is 10.3. The van der Waals surface area contributed by atoms with Crippen molar-refractivity contribution < 1.29 is 0 Å². The zero-order valence-electron chi connectivity index (χ0n) is 36.9. The van der Waals surface area contributed by atoms with E-state index in [0.29, 0.717) is 5.82 Å². The lowest BCUT2D eigenvalue weighted by Gasteiger charge is -2.18. The summed E-state index contributed by atoms with van der Waals surface area (Å²) in [6.45, 7) is 0. The average Bonchev–Trinajstić information content (AvgIpc) is 3.76. The highest BCUT2D eigenvalue weighted by Crippen LogP contribution is 2.37. The van der Waals surface area contributed by atoms with E-state index < -0.39 is 0 Å². The summed E-state index contributed by atoms with van der Waals surface area (Å²) < 4.78 is 2.36. The van der Waals surface area contributed by atoms with Crippen LogP contribution in [0.1, 0.15) is 23.5 Å². The van der Waals surface area contributed by atoms with Gasteiger partial charge in [-0.05, 0) is 99.0 Å². The van der Waals surface area contributed by atoms with Gasteiger partial charge in [0, 0.05) is 39.1 Å². The number of hydrogen-bond donors (Lipinski definition) is 0. The summed E-state index contributed by atoms with van der Waals surface area (Å²) in [5.41, 5.74) is 19.2. The Morgan fingerprint density at radius 3 is 1.48 bits per heavy atom. The number of nitrogens with zero attached hydrogens (tertiary/aromatic N) is 3. The first-order valence-corrected chi connectivity index (χ1v) is 23.1. The summed E-state index contributed by atoms with van der Waals surface area (Å²) in [6.07, 6.45) is 7.94. The third-order valence-electron chi connectivity index (χ3n) is 13.2. The van der Waals surface area contributed by atoms with Gasteiger partial charge in [-0.15, -0.1) is 0 Å². The molecule has 0 spiro atoms. The van der Waals surface area contributed by atoms with E-state index in [1.54, 1.807) is 0 Å². The van der Waals surface area contributed by atoms with Crippen LogP contribution in [0.25, 0.3) is 100 Å². The minimum atomic E-state index is 0.257. The second-order valence-corrected chi connectivity index (χ2v) is 17.3. The second kappa shape index (κ2) is 17.4. The summed E-state index contributed by atoms with van der Waals surface area (Å²) >= 11 is 0. The van der Waals surface area contributed by atoms with Crippen molar-refractivity contribution >= 4 is 27.4 Å². The maximum Gasteiger partial charge on any atom is 0.160 e. The van der Waals surface area contributed by atoms with Crippen LogP contribution in [-0.4, -0.2) is 14.5 Å². The van der Waals surface area contributed by atoms with Gasteiger partial charge in [-0.3, -0.25) is 0 Å². The van der Waals surface area contributed by atoms with Crippen LogP contribution < -0.4 is 0 Å². The lowest BCUT2D eigenvalue weighted by molar-refractivity contribution is 0.857. The van der Waals surface area contributed by atoms with E-state index in [2.05, 4.69) is 259 Å². The smallest absolute Gasteiger partial charge is 0.160 e. The molecule has 0 saturated carbocycles. The van der Waals surface area contributed by atoms with Crippen LogP contribution in [0.2, 0.25) is 0 Å². The van der Waals surface area contributed by atoms with E-state index in [9.17, 15) is 0 Å². The molecular formula is C64H45N3. The predicted octanol–water partition coefficient (Wildman–Crippen LogP) is 16.7. The molecule has 0 N–H and O–H groups in total. The number of hydrogen-bond acceptors (Lipinski definition) is 2. The maximum atomic E-state index is 5.33. The Morgan fingerprint density at radius 2 is 0.836 bits per heavy atom. The Hall–Kier alpha value is -8.66. The first-order valence-electron chi connectivity index (χ1n) is 23.1. The molecule has 1 aliphatic carbocycles. The van der Waals surface area contributed by atoms with Gasteiger partial charge in [-0.25, -0.2) is 9.97 Å². The molecule has 12 rings (SSSR count). The molecule has 3 nitrogen and oxygen atoms in total. The molecule has 11 aromatic rings. The zero-order chi connectivity index (χ0) is 44.5. The molecule has 0 fully saturated rings. The molecule has 0 bridgehead atoms. The van der Waals surface area contributed by atoms with E-state index in [4.69, 9.17) is 9.97 Å². The number of benzene rings is 9. The van der Waals surface area contributed by atoms with Crippen molar-refractivity contribution in [2.75, 3.05) is 0 Å². The summed E-state index contributed by atoms with van der Waals surface area (Å²) in [7, 11) is 0. The van der Waals surface area contributed by atoms with E-state index >= 15 is 0 Å². The quantitative estimate of drug-likeness (QED) is 0.145. The van der Waals surface area contributed by atoms with Crippen LogP contribution >= 0.6 is 0 Å². The summed E-state index contributed by atoms with van der Waals surface area (Å²) in [4.78, 5) is 10.6. The minimum absolute atomic E-state index is 0.257. The van der Waals surface area contributed by atoms with Crippen LogP contribution in [0.4, 0.5) is 0 Å². The first kappa shape index (κ1) is 39.9. The summed E-state index contributed by atoms with van der Waals surface area (Å²) in [5, 5.41) is 2.48. The van der Waals surface area contributed by atoms with E-state index in [1.807, 2.05) is 0 Å². The van der Waals surface area contributed by atoms with Crippen molar-refractivity contribution in [3.05, 3.63) is 266 Å². The van der Waals surface area contributed by atoms with Gasteiger partial charge in [0.15, 0.2) is 5.82 Å². The number of allylic oxidation sites excluding steroid dienone is 4. The topological polar surface area (TPSA) is 30.7 Å². The monoisotopic (exact) mass is 855 g/mol. The average molecular weight is 856 g/mol. The van der Waals surface area contributed by atoms with Gasteiger partial charge in [-0.1, -0.05) is 212 Å². The van der Waals surface area contributed by atoms with Crippen molar-refractivity contribution in [2.24, 2.45) is 0 Å². The van der Waals surface area contributed by atoms with E-state index in [-0.39, 0.29) is 5.92 Å². The zero-order valence-corrected chi connectivity index (χ0v) is 36.9. The van der Waals surface area contributed by atoms with Crippen LogP contribution in [0, 0.1) is 0 Å². The highest BCUT2D eigenvalue weighted by molar-refractivity contribution is 6.09. The van der Waals surface area contributed by atoms with Crippen LogP contribution in [-0.2, 0) is 0 Å². The standard InChI is InChI=1S/C64H45N3/c1-3-15-44(16-4-1)50-19-11-21-52(39-50)46-31-35-48(36-32-46)60-43-61(56-25-14-26-57(42-56)67-62-29-9-7-27-58(62)59-28-8-10-30-63(59)67)66-64(65-60)49-37-33-47(34-38-49)53-22-13-24-55(41-53)54-23-12-20-51(40-54)45-17-5-2-6-18-45/h1-21,23-43,53H,22H2. The molecule has 67 heavy (non-hydrogen) atoms. The minimum Gasteiger partial charge on any atom is -0.309 e. The third-order valence-corrected chi connectivity index (χ3v) is 13.2. The molecule has 1 atom stereocenters. The van der Waals surface area contributed by atoms with Crippen molar-refractivity contribution in [3.8, 4) is 73.0 Å². The van der Waals surface area contributed by atoms with Gasteiger partial charge >= 0.3 is 0 Å². The Morgan fingerprint density at radius 1 is 0.358 bits per heavy atom. The molecular weight excluding hydrogens is 811 g/mol. The Balaban J connectivity index is 0.912. The summed E-state index contributed by atoms with van der Waals surface area (Å²) in [5.74, 6) is 0.950. The fraction of sp³-hybridized carbons (Fsp3) is 0.0312. The van der Waals surface area contributed by atoms with Crippen molar-refractivity contribution in [1.29, 1.82) is 0 Å². The van der Waals surface area contributed by atoms with Gasteiger partial charge < -0.3 is 4.57 Å². The molecule has 9 aromatic carbocycles. The van der Waals surface area contributed by atoms with Crippen LogP contribution in [0.15, 0.2) is 255 Å². The second-order valence-electron chi connectivity index (χ2n) is 17.3. The molecule has 0 radical (unpaired) electrons. The van der Waals surface area contributed by atoms with Crippen molar-refractivity contribution in [1.82, 2.24) is 14.5 Å². The molecule has 1 unspecified atom stereocenters. The Labute approximate surface area is 391 Å². The highest BCUT2D eigenvalue weighted by Gasteiger charge is 2.17. The number of fused-ring (bicyclic) bond motifs is 3. The predicted molar refractivity (Wildman–Crippen MR) is 280 cm³/mol. The molecule has 3 heteroatoms. The summed E-state index contributed by atoms with van der Waals surface area (Å²) in [6, 6.07) is 84.7. The van der Waals surface area contributed by atoms with Crippen molar-refractivity contribution in [3.63, 3.8) is 0 Å². The van der Waals surface area contributed by atoms with E-state index in [0.717, 1.165) is 45.7 Å². The highest BCUT2D eigenvalue weighted by atomic mass is 15.0. The first-order chi connectivity index (χ1) is 33.2. The maximum absolute atomic E-state index is 5.33. The van der Waals surface area contributed by atoms with E-state index in [1.165, 1.54) is 66.3 Å². The van der Waals surface area contributed by atoms with Gasteiger partial charge in [0.25, 0.3) is 0 Å². The van der Waals surface area contributed by atoms with Gasteiger partial charge in [0.05, 0.1) is 22.4 Å². The van der Waals surface area contributed by atoms with Crippen molar-refractivity contribution in [2.45, 2.75) is 12.3 Å². The lowest BCUT2D eigenvalue weighted by Crippen LogP contribution is -2.00. The largest absolute Gasteiger partial charge is 0.309 e. The van der Waals surface area contributed by atoms with Crippen LogP contribution in [0.5, 0.6) is 0 Å². The molecule has 1 aliphatic rings. The molecule has 2 aromatic heterocycles. The third kappa shape index (κ3) is 7.87. The van der Waals surface area contributed by atoms with Gasteiger partial charge in [0.1, 0.15) is 0 Å². The molecule has 0 saturated heterocycles.